The number of nitrogens with zero attached hydrogens (tertiary/aromatic N) is 2. The maximum Gasteiger partial charge on any atom is 0.261 e. The molecule has 0 fully saturated rings. The van der Waals surface area contributed by atoms with Crippen molar-refractivity contribution in [2.45, 2.75) is 6.54 Å². The van der Waals surface area contributed by atoms with Crippen LogP contribution in [-0.4, -0.2) is 35.7 Å². The van der Waals surface area contributed by atoms with Crippen molar-refractivity contribution in [3.05, 3.63) is 39.4 Å². The lowest BCUT2D eigenvalue weighted by molar-refractivity contribution is -0.121. The number of rotatable bonds is 5. The maximum absolute atomic E-state index is 12.2. The minimum Gasteiger partial charge on any atom is -0.383 e. The molecule has 0 unspecified atom stereocenters. The summed E-state index contributed by atoms with van der Waals surface area (Å²) in [5, 5.41) is 3.14. The SMILES string of the molecule is COCCNC(=O)Cn1cnc2ccc(Br)cc2c1=O. The van der Waals surface area contributed by atoms with E-state index >= 15 is 0 Å². The van der Waals surface area contributed by atoms with Crippen molar-refractivity contribution >= 4 is 32.7 Å². The van der Waals surface area contributed by atoms with Crippen LogP contribution in [-0.2, 0) is 16.1 Å². The Hall–Kier alpha value is -1.73. The fourth-order valence-electron chi connectivity index (χ4n) is 1.75. The van der Waals surface area contributed by atoms with Gasteiger partial charge in [-0.2, -0.15) is 0 Å². The number of carbonyl (C=O) groups is 1. The number of hydrogen-bond acceptors (Lipinski definition) is 4. The van der Waals surface area contributed by atoms with Gasteiger partial charge in [-0.1, -0.05) is 15.9 Å². The van der Waals surface area contributed by atoms with E-state index in [1.54, 1.807) is 19.2 Å². The van der Waals surface area contributed by atoms with Crippen molar-refractivity contribution in [3.8, 4) is 0 Å². The largest absolute Gasteiger partial charge is 0.383 e. The van der Waals surface area contributed by atoms with E-state index in [9.17, 15) is 9.59 Å². The van der Waals surface area contributed by atoms with E-state index in [0.717, 1.165) is 4.47 Å². The van der Waals surface area contributed by atoms with Crippen molar-refractivity contribution in [2.75, 3.05) is 20.3 Å². The van der Waals surface area contributed by atoms with Gasteiger partial charge in [-0.05, 0) is 18.2 Å². The van der Waals surface area contributed by atoms with Gasteiger partial charge in [-0.25, -0.2) is 4.98 Å². The number of halogens is 1. The van der Waals surface area contributed by atoms with E-state index in [0.29, 0.717) is 24.1 Å². The van der Waals surface area contributed by atoms with E-state index < -0.39 is 0 Å². The number of aromatic nitrogens is 2. The van der Waals surface area contributed by atoms with Crippen LogP contribution in [0.5, 0.6) is 0 Å². The zero-order chi connectivity index (χ0) is 14.5. The van der Waals surface area contributed by atoms with Crippen LogP contribution < -0.4 is 10.9 Å². The lowest BCUT2D eigenvalue weighted by atomic mass is 10.2. The molecule has 1 amide bonds. The predicted octanol–water partition coefficient (Wildman–Crippen LogP) is 0.922. The van der Waals surface area contributed by atoms with Gasteiger partial charge in [0, 0.05) is 18.1 Å². The molecule has 0 aliphatic rings. The standard InChI is InChI=1S/C13H14BrN3O3/c1-20-5-4-15-12(18)7-17-8-16-11-3-2-9(14)6-10(11)13(17)19/h2-3,6,8H,4-5,7H2,1H3,(H,15,18). The molecule has 2 aromatic rings. The molecule has 1 heterocycles. The molecule has 1 aromatic carbocycles. The van der Waals surface area contributed by atoms with Crippen molar-refractivity contribution in [1.82, 2.24) is 14.9 Å². The highest BCUT2D eigenvalue weighted by Crippen LogP contribution is 2.14. The summed E-state index contributed by atoms with van der Waals surface area (Å²) in [6, 6.07) is 5.27. The first-order valence-corrected chi connectivity index (χ1v) is 6.81. The third-order valence-corrected chi connectivity index (χ3v) is 3.22. The quantitative estimate of drug-likeness (QED) is 0.822. The van der Waals surface area contributed by atoms with Gasteiger partial charge in [0.2, 0.25) is 5.91 Å². The summed E-state index contributed by atoms with van der Waals surface area (Å²) in [4.78, 5) is 28.1. The van der Waals surface area contributed by atoms with Crippen LogP contribution in [0.1, 0.15) is 0 Å². The van der Waals surface area contributed by atoms with Crippen LogP contribution in [0, 0.1) is 0 Å². The first-order chi connectivity index (χ1) is 9.61. The highest BCUT2D eigenvalue weighted by atomic mass is 79.9. The van der Waals surface area contributed by atoms with Gasteiger partial charge in [0.1, 0.15) is 6.54 Å². The van der Waals surface area contributed by atoms with Crippen molar-refractivity contribution in [2.24, 2.45) is 0 Å². The van der Waals surface area contributed by atoms with E-state index in [1.165, 1.54) is 10.9 Å². The molecule has 0 bridgehead atoms. The van der Waals surface area contributed by atoms with Crippen LogP contribution in [0.2, 0.25) is 0 Å². The second-order valence-corrected chi connectivity index (χ2v) is 5.10. The second-order valence-electron chi connectivity index (χ2n) is 4.18. The number of fused-ring (bicyclic) bond motifs is 1. The fourth-order valence-corrected chi connectivity index (χ4v) is 2.11. The van der Waals surface area contributed by atoms with E-state index in [2.05, 4.69) is 26.2 Å². The lowest BCUT2D eigenvalue weighted by Crippen LogP contribution is -2.34. The van der Waals surface area contributed by atoms with Crippen LogP contribution >= 0.6 is 15.9 Å². The normalized spacial score (nSPS) is 10.7. The monoisotopic (exact) mass is 339 g/mol. The molecule has 0 atom stereocenters. The van der Waals surface area contributed by atoms with E-state index in [4.69, 9.17) is 4.74 Å². The zero-order valence-electron chi connectivity index (χ0n) is 10.9. The Labute approximate surface area is 123 Å². The minimum atomic E-state index is -0.250. The number of carbonyl (C=O) groups excluding carboxylic acids is 1. The van der Waals surface area contributed by atoms with Gasteiger partial charge in [0.25, 0.3) is 5.56 Å². The molecule has 0 saturated carbocycles. The Balaban J connectivity index is 2.21. The van der Waals surface area contributed by atoms with Gasteiger partial charge in [0.15, 0.2) is 0 Å². The summed E-state index contributed by atoms with van der Waals surface area (Å²) < 4.78 is 6.92. The zero-order valence-corrected chi connectivity index (χ0v) is 12.5. The molecule has 2 rings (SSSR count). The van der Waals surface area contributed by atoms with E-state index in [1.807, 2.05) is 6.07 Å². The average Bonchev–Trinajstić information content (AvgIpc) is 2.43. The summed E-state index contributed by atoms with van der Waals surface area (Å²) >= 11 is 3.32. The number of amides is 1. The molecule has 0 saturated heterocycles. The average molecular weight is 340 g/mol. The molecule has 0 aliphatic carbocycles. The van der Waals surface area contributed by atoms with Crippen molar-refractivity contribution in [1.29, 1.82) is 0 Å². The van der Waals surface area contributed by atoms with E-state index in [-0.39, 0.29) is 18.0 Å². The molecule has 0 spiro atoms. The third kappa shape index (κ3) is 3.43. The predicted molar refractivity (Wildman–Crippen MR) is 78.6 cm³/mol. The first-order valence-electron chi connectivity index (χ1n) is 6.02. The van der Waals surface area contributed by atoms with Gasteiger partial charge in [0.05, 0.1) is 23.8 Å². The molecular weight excluding hydrogens is 326 g/mol. The van der Waals surface area contributed by atoms with Gasteiger partial charge >= 0.3 is 0 Å². The molecule has 0 aliphatic heterocycles. The Morgan fingerprint density at radius 2 is 2.30 bits per heavy atom. The number of nitrogens with one attached hydrogen (secondary N) is 1. The number of hydrogen-bond donors (Lipinski definition) is 1. The summed E-state index contributed by atoms with van der Waals surface area (Å²) in [5.74, 6) is -0.250. The molecular formula is C13H14BrN3O3. The van der Waals surface area contributed by atoms with Crippen LogP contribution in [0.4, 0.5) is 0 Å². The molecule has 20 heavy (non-hydrogen) atoms. The molecule has 1 aromatic heterocycles. The molecule has 6 nitrogen and oxygen atoms in total. The Morgan fingerprint density at radius 1 is 1.50 bits per heavy atom. The second kappa shape index (κ2) is 6.62. The topological polar surface area (TPSA) is 73.2 Å². The highest BCUT2D eigenvalue weighted by molar-refractivity contribution is 9.10. The summed E-state index contributed by atoms with van der Waals surface area (Å²) in [6.07, 6.45) is 1.38. The first kappa shape index (κ1) is 14.7. The molecule has 1 N–H and O–H groups in total. The molecule has 7 heteroatoms. The smallest absolute Gasteiger partial charge is 0.261 e. The molecule has 0 radical (unpaired) electrons. The number of benzene rings is 1. The summed E-state index contributed by atoms with van der Waals surface area (Å²) in [6.45, 7) is 0.790. The Kier molecular flexibility index (Phi) is 4.86. The maximum atomic E-state index is 12.2. The number of ether oxygens (including phenoxy) is 1. The Morgan fingerprint density at radius 3 is 3.05 bits per heavy atom. The summed E-state index contributed by atoms with van der Waals surface area (Å²) in [7, 11) is 1.56. The van der Waals surface area contributed by atoms with Gasteiger partial charge < -0.3 is 10.1 Å². The fraction of sp³-hybridized carbons (Fsp3) is 0.308. The highest BCUT2D eigenvalue weighted by Gasteiger charge is 2.08. The number of methoxy groups -OCH3 is 1. The third-order valence-electron chi connectivity index (χ3n) is 2.73. The minimum absolute atomic E-state index is 0.0575. The van der Waals surface area contributed by atoms with Gasteiger partial charge in [-0.3, -0.25) is 14.2 Å². The van der Waals surface area contributed by atoms with Crippen LogP contribution in [0.3, 0.4) is 0 Å². The van der Waals surface area contributed by atoms with Gasteiger partial charge in [-0.15, -0.1) is 0 Å². The van der Waals surface area contributed by atoms with Crippen molar-refractivity contribution in [3.63, 3.8) is 0 Å². The lowest BCUT2D eigenvalue weighted by Gasteiger charge is -2.07. The summed E-state index contributed by atoms with van der Waals surface area (Å²) in [5.41, 5.74) is 0.368. The molecule has 106 valence electrons. The van der Waals surface area contributed by atoms with Crippen LogP contribution in [0.25, 0.3) is 10.9 Å². The van der Waals surface area contributed by atoms with Crippen LogP contribution in [0.15, 0.2) is 33.8 Å². The van der Waals surface area contributed by atoms with Crippen molar-refractivity contribution < 1.29 is 9.53 Å². The Bertz CT molecular complexity index is 684.